The number of hydrogen-bond donors (Lipinski definition) is 1. The van der Waals surface area contributed by atoms with E-state index in [2.05, 4.69) is 46.4 Å². The number of thioether (sulfide) groups is 1. The van der Waals surface area contributed by atoms with Crippen LogP contribution in [0.5, 0.6) is 0 Å². The van der Waals surface area contributed by atoms with Crippen LogP contribution in [0.2, 0.25) is 0 Å². The third-order valence-electron chi connectivity index (χ3n) is 3.34. The Bertz CT molecular complexity index is 481. The summed E-state index contributed by atoms with van der Waals surface area (Å²) in [5.74, 6) is 2.21. The minimum atomic E-state index is 0.0215. The molecule has 2 rings (SSSR count). The molecule has 1 heterocycles. The molecule has 1 aromatic rings. The van der Waals surface area contributed by atoms with Crippen molar-refractivity contribution in [2.75, 3.05) is 0 Å². The zero-order chi connectivity index (χ0) is 13.8. The highest BCUT2D eigenvalue weighted by Crippen LogP contribution is 2.30. The lowest BCUT2D eigenvalue weighted by atomic mass is 10.1. The Morgan fingerprint density at radius 1 is 1.42 bits per heavy atom. The lowest BCUT2D eigenvalue weighted by molar-refractivity contribution is 0.627. The number of aromatic amines is 1. The lowest BCUT2D eigenvalue weighted by Gasteiger charge is -2.11. The highest BCUT2D eigenvalue weighted by atomic mass is 127. The molecule has 1 aromatic heterocycles. The first-order chi connectivity index (χ1) is 9.06. The van der Waals surface area contributed by atoms with Crippen molar-refractivity contribution in [1.82, 2.24) is 9.97 Å². The van der Waals surface area contributed by atoms with Crippen molar-refractivity contribution < 1.29 is 0 Å². The van der Waals surface area contributed by atoms with Gasteiger partial charge in [0.15, 0.2) is 0 Å². The monoisotopic (exact) mass is 392 g/mol. The molecule has 0 atom stereocenters. The number of nitrogens with one attached hydrogen (secondary N) is 1. The van der Waals surface area contributed by atoms with E-state index < -0.39 is 0 Å². The number of halogens is 1. The van der Waals surface area contributed by atoms with E-state index in [1.807, 2.05) is 11.8 Å². The second-order valence-corrected chi connectivity index (χ2v) is 7.96. The molecule has 0 radical (unpaired) electrons. The van der Waals surface area contributed by atoms with Crippen molar-refractivity contribution in [3.8, 4) is 0 Å². The summed E-state index contributed by atoms with van der Waals surface area (Å²) >= 11 is 4.05. The van der Waals surface area contributed by atoms with Gasteiger partial charge in [-0.15, -0.1) is 0 Å². The molecule has 0 spiro atoms. The molecule has 0 amide bonds. The smallest absolute Gasteiger partial charge is 0.264 e. The van der Waals surface area contributed by atoms with Gasteiger partial charge in [-0.3, -0.25) is 4.79 Å². The third-order valence-corrected chi connectivity index (χ3v) is 5.84. The number of nitrogens with zero attached hydrogens (tertiary/aromatic N) is 1. The topological polar surface area (TPSA) is 45.8 Å². The maximum absolute atomic E-state index is 11.9. The minimum absolute atomic E-state index is 0.0215. The van der Waals surface area contributed by atoms with Gasteiger partial charge in [0.25, 0.3) is 5.56 Å². The van der Waals surface area contributed by atoms with Crippen LogP contribution in [0.25, 0.3) is 0 Å². The standard InChI is InChI=1S/C14H21IN2OS/c1-9(2)7-11-13(15)14(18)17-12(16-11)8-19-10-5-3-4-6-10/h9-10H,3-8H2,1-2H3,(H,16,17,18). The molecule has 1 N–H and O–H groups in total. The van der Waals surface area contributed by atoms with Crippen LogP contribution < -0.4 is 5.56 Å². The molecular formula is C14H21IN2OS. The Morgan fingerprint density at radius 3 is 2.74 bits per heavy atom. The molecule has 0 bridgehead atoms. The summed E-state index contributed by atoms with van der Waals surface area (Å²) in [6, 6.07) is 0. The van der Waals surface area contributed by atoms with Gasteiger partial charge in [0, 0.05) is 5.25 Å². The van der Waals surface area contributed by atoms with Crippen LogP contribution in [0.1, 0.15) is 51.0 Å². The molecular weight excluding hydrogens is 371 g/mol. The summed E-state index contributed by atoms with van der Waals surface area (Å²) in [4.78, 5) is 19.5. The fraction of sp³-hybridized carbons (Fsp3) is 0.714. The summed E-state index contributed by atoms with van der Waals surface area (Å²) < 4.78 is 0.751. The second-order valence-electron chi connectivity index (χ2n) is 5.59. The van der Waals surface area contributed by atoms with Crippen molar-refractivity contribution >= 4 is 34.4 Å². The number of aromatic nitrogens is 2. The Labute approximate surface area is 132 Å². The first-order valence-electron chi connectivity index (χ1n) is 6.95. The van der Waals surface area contributed by atoms with Crippen LogP contribution in [0.4, 0.5) is 0 Å². The summed E-state index contributed by atoms with van der Waals surface area (Å²) in [5, 5.41) is 0.762. The molecule has 0 saturated heterocycles. The first kappa shape index (κ1) is 15.4. The molecule has 19 heavy (non-hydrogen) atoms. The largest absolute Gasteiger partial charge is 0.309 e. The fourth-order valence-electron chi connectivity index (χ4n) is 2.40. The van der Waals surface area contributed by atoms with Crippen molar-refractivity contribution in [2.24, 2.45) is 5.92 Å². The van der Waals surface area contributed by atoms with E-state index in [0.29, 0.717) is 5.92 Å². The van der Waals surface area contributed by atoms with Gasteiger partial charge < -0.3 is 4.98 Å². The van der Waals surface area contributed by atoms with Gasteiger partial charge in [-0.25, -0.2) is 4.98 Å². The second kappa shape index (κ2) is 7.11. The molecule has 1 aliphatic carbocycles. The first-order valence-corrected chi connectivity index (χ1v) is 9.08. The van der Waals surface area contributed by atoms with E-state index in [-0.39, 0.29) is 5.56 Å². The fourth-order valence-corrected chi connectivity index (χ4v) is 4.07. The van der Waals surface area contributed by atoms with Gasteiger partial charge >= 0.3 is 0 Å². The summed E-state index contributed by atoms with van der Waals surface area (Å²) in [5.41, 5.74) is 0.981. The van der Waals surface area contributed by atoms with Crippen LogP contribution in [0, 0.1) is 9.49 Å². The normalized spacial score (nSPS) is 16.4. The number of hydrogen-bond acceptors (Lipinski definition) is 3. The Morgan fingerprint density at radius 2 is 2.11 bits per heavy atom. The number of H-pyrrole nitrogens is 1. The molecule has 0 aromatic carbocycles. The van der Waals surface area contributed by atoms with E-state index in [4.69, 9.17) is 0 Å². The van der Waals surface area contributed by atoms with Gasteiger partial charge in [-0.1, -0.05) is 26.7 Å². The van der Waals surface area contributed by atoms with Crippen LogP contribution >= 0.6 is 34.4 Å². The summed E-state index contributed by atoms with van der Waals surface area (Å²) in [6.07, 6.45) is 6.22. The van der Waals surface area contributed by atoms with Gasteiger partial charge in [0.1, 0.15) is 5.82 Å². The lowest BCUT2D eigenvalue weighted by Crippen LogP contribution is -2.19. The van der Waals surface area contributed by atoms with Gasteiger partial charge in [0.05, 0.1) is 15.0 Å². The van der Waals surface area contributed by atoms with Crippen molar-refractivity contribution in [3.63, 3.8) is 0 Å². The van der Waals surface area contributed by atoms with E-state index in [9.17, 15) is 4.79 Å². The maximum atomic E-state index is 11.9. The van der Waals surface area contributed by atoms with Crippen LogP contribution in [0.3, 0.4) is 0 Å². The highest BCUT2D eigenvalue weighted by Gasteiger charge is 2.16. The van der Waals surface area contributed by atoms with E-state index in [1.54, 1.807) is 0 Å². The van der Waals surface area contributed by atoms with Gasteiger partial charge in [0.2, 0.25) is 0 Å². The van der Waals surface area contributed by atoms with Gasteiger partial charge in [-0.2, -0.15) is 11.8 Å². The molecule has 5 heteroatoms. The quantitative estimate of drug-likeness (QED) is 0.777. The van der Waals surface area contributed by atoms with Crippen LogP contribution in [0.15, 0.2) is 4.79 Å². The molecule has 0 aliphatic heterocycles. The third kappa shape index (κ3) is 4.48. The Hall–Kier alpha value is -0.0400. The zero-order valence-corrected chi connectivity index (χ0v) is 14.5. The molecule has 1 fully saturated rings. The van der Waals surface area contributed by atoms with Crippen LogP contribution in [-0.2, 0) is 12.2 Å². The van der Waals surface area contributed by atoms with Crippen molar-refractivity contribution in [3.05, 3.63) is 25.4 Å². The average molecular weight is 392 g/mol. The molecule has 1 saturated carbocycles. The zero-order valence-electron chi connectivity index (χ0n) is 11.5. The molecule has 0 unspecified atom stereocenters. The Balaban J connectivity index is 2.07. The summed E-state index contributed by atoms with van der Waals surface area (Å²) in [6.45, 7) is 4.32. The minimum Gasteiger partial charge on any atom is -0.309 e. The highest BCUT2D eigenvalue weighted by molar-refractivity contribution is 14.1. The van der Waals surface area contributed by atoms with E-state index in [0.717, 1.165) is 32.5 Å². The predicted molar refractivity (Wildman–Crippen MR) is 89.7 cm³/mol. The van der Waals surface area contributed by atoms with Crippen LogP contribution in [-0.4, -0.2) is 15.2 Å². The van der Waals surface area contributed by atoms with Gasteiger partial charge in [-0.05, 0) is 47.8 Å². The average Bonchev–Trinajstić information content (AvgIpc) is 2.85. The summed E-state index contributed by atoms with van der Waals surface area (Å²) in [7, 11) is 0. The predicted octanol–water partition coefficient (Wildman–Crippen LogP) is 3.75. The Kier molecular flexibility index (Phi) is 5.74. The van der Waals surface area contributed by atoms with Crippen molar-refractivity contribution in [2.45, 2.75) is 57.0 Å². The number of rotatable bonds is 5. The van der Waals surface area contributed by atoms with E-state index >= 15 is 0 Å². The molecule has 3 nitrogen and oxygen atoms in total. The molecule has 106 valence electrons. The maximum Gasteiger partial charge on any atom is 0.264 e. The molecule has 1 aliphatic rings. The SMILES string of the molecule is CC(C)Cc1nc(CSC2CCCC2)[nH]c(=O)c1I. The van der Waals surface area contributed by atoms with Crippen molar-refractivity contribution in [1.29, 1.82) is 0 Å². The van der Waals surface area contributed by atoms with E-state index in [1.165, 1.54) is 25.7 Å².